The number of aliphatic hydroxyl groups excluding tert-OH is 2. The summed E-state index contributed by atoms with van der Waals surface area (Å²) in [6.07, 6.45) is 1.07. The fourth-order valence-corrected chi connectivity index (χ4v) is 4.57. The molecule has 4 rings (SSSR count). The summed E-state index contributed by atoms with van der Waals surface area (Å²) >= 11 is 0. The normalized spacial score (nSPS) is 11.8. The van der Waals surface area contributed by atoms with Gasteiger partial charge in [0.25, 0.3) is 0 Å². The maximum Gasteiger partial charge on any atom is 0.342 e. The molecule has 0 radical (unpaired) electrons. The second-order valence-electron chi connectivity index (χ2n) is 9.46. The predicted molar refractivity (Wildman–Crippen MR) is 154 cm³/mol. The lowest BCUT2D eigenvalue weighted by atomic mass is 10.0. The molecule has 1 atom stereocenters. The van der Waals surface area contributed by atoms with Crippen molar-refractivity contribution in [3.63, 3.8) is 0 Å². The highest BCUT2D eigenvalue weighted by atomic mass is 16.6. The van der Waals surface area contributed by atoms with E-state index in [-0.39, 0.29) is 50.9 Å². The molecule has 4 aromatic rings. The highest BCUT2D eigenvalue weighted by molar-refractivity contribution is 6.10. The summed E-state index contributed by atoms with van der Waals surface area (Å²) in [6, 6.07) is 22.1. The zero-order chi connectivity index (χ0) is 29.0. The van der Waals surface area contributed by atoms with Gasteiger partial charge in [-0.15, -0.1) is 0 Å². The zero-order valence-corrected chi connectivity index (χ0v) is 23.0. The average molecular weight is 562 g/mol. The lowest BCUT2D eigenvalue weighted by Crippen LogP contribution is -2.39. The van der Waals surface area contributed by atoms with Crippen molar-refractivity contribution in [2.24, 2.45) is 0 Å². The molecule has 216 valence electrons. The molecule has 41 heavy (non-hydrogen) atoms. The quantitative estimate of drug-likeness (QED) is 0.147. The third-order valence-corrected chi connectivity index (χ3v) is 6.52. The van der Waals surface area contributed by atoms with Crippen molar-refractivity contribution in [1.29, 1.82) is 0 Å². The van der Waals surface area contributed by atoms with E-state index in [4.69, 9.17) is 23.7 Å². The minimum atomic E-state index is -0.584. The van der Waals surface area contributed by atoms with Crippen LogP contribution < -0.4 is 10.1 Å². The monoisotopic (exact) mass is 561 g/mol. The number of hydrogen-bond donors (Lipinski definition) is 3. The summed E-state index contributed by atoms with van der Waals surface area (Å²) in [7, 11) is 1.52. The lowest BCUT2D eigenvalue weighted by Gasteiger charge is -2.16. The maximum absolute atomic E-state index is 13.3. The van der Waals surface area contributed by atoms with Crippen LogP contribution in [0.3, 0.4) is 0 Å². The summed E-state index contributed by atoms with van der Waals surface area (Å²) in [4.78, 5) is 26.1. The number of hydrogen-bond acceptors (Lipinski definition) is 8. The fraction of sp³-hybridized carbons (Fsp3) is 0.312. The Morgan fingerprint density at radius 1 is 0.927 bits per heavy atom. The van der Waals surface area contributed by atoms with Crippen molar-refractivity contribution in [1.82, 2.24) is 5.32 Å². The van der Waals surface area contributed by atoms with Gasteiger partial charge < -0.3 is 34.2 Å². The van der Waals surface area contributed by atoms with Crippen molar-refractivity contribution in [3.8, 4) is 17.1 Å². The summed E-state index contributed by atoms with van der Waals surface area (Å²) in [5, 5.41) is 22.1. The largest absolute Gasteiger partial charge is 0.493 e. The second-order valence-corrected chi connectivity index (χ2v) is 9.46. The number of fused-ring (bicyclic) bond motifs is 1. The van der Waals surface area contributed by atoms with Crippen LogP contribution in [0.15, 0.2) is 77.2 Å². The van der Waals surface area contributed by atoms with Crippen LogP contribution in [0, 0.1) is 0 Å². The molecule has 9 heteroatoms. The molecule has 0 saturated carbocycles. The van der Waals surface area contributed by atoms with E-state index < -0.39 is 12.0 Å². The van der Waals surface area contributed by atoms with Gasteiger partial charge >= 0.3 is 5.97 Å². The van der Waals surface area contributed by atoms with Gasteiger partial charge in [-0.2, -0.15) is 0 Å². The zero-order valence-electron chi connectivity index (χ0n) is 23.0. The van der Waals surface area contributed by atoms with Gasteiger partial charge in [0.05, 0.1) is 39.6 Å². The number of furan rings is 1. The Labute approximate surface area is 238 Å². The molecule has 9 nitrogen and oxygen atoms in total. The number of carbonyl (C=O) groups excluding carboxylic acids is 2. The first-order valence-electron chi connectivity index (χ1n) is 13.5. The van der Waals surface area contributed by atoms with Crippen LogP contribution in [-0.4, -0.2) is 68.3 Å². The van der Waals surface area contributed by atoms with E-state index in [1.54, 1.807) is 6.07 Å². The molecule has 3 aromatic carbocycles. The maximum atomic E-state index is 13.3. The van der Waals surface area contributed by atoms with Gasteiger partial charge in [0.1, 0.15) is 17.9 Å². The number of methoxy groups -OCH3 is 1. The lowest BCUT2D eigenvalue weighted by molar-refractivity contribution is -0.122. The number of ether oxygens (including phenoxy) is 3. The topological polar surface area (TPSA) is 127 Å². The number of esters is 1. The summed E-state index contributed by atoms with van der Waals surface area (Å²) in [6.45, 7) is 0.0130. The van der Waals surface area contributed by atoms with Crippen LogP contribution in [0.4, 0.5) is 0 Å². The van der Waals surface area contributed by atoms with Gasteiger partial charge in [0.2, 0.25) is 5.91 Å². The second kappa shape index (κ2) is 15.0. The Kier molecular flexibility index (Phi) is 10.9. The molecule has 0 aliphatic heterocycles. The molecule has 1 aromatic heterocycles. The van der Waals surface area contributed by atoms with Crippen LogP contribution >= 0.6 is 0 Å². The summed E-state index contributed by atoms with van der Waals surface area (Å²) < 4.78 is 22.5. The van der Waals surface area contributed by atoms with Crippen molar-refractivity contribution in [3.05, 3.63) is 89.5 Å². The van der Waals surface area contributed by atoms with Gasteiger partial charge in [-0.25, -0.2) is 4.79 Å². The number of amides is 1. The third-order valence-electron chi connectivity index (χ3n) is 6.52. The van der Waals surface area contributed by atoms with E-state index in [0.717, 1.165) is 11.1 Å². The Balaban J connectivity index is 1.56. The fourth-order valence-electron chi connectivity index (χ4n) is 4.57. The first-order chi connectivity index (χ1) is 20.0. The van der Waals surface area contributed by atoms with Crippen LogP contribution in [0.5, 0.6) is 5.75 Å². The number of aryl methyl sites for hydroxylation is 1. The minimum absolute atomic E-state index is 0.00569. The molecule has 0 aliphatic carbocycles. The van der Waals surface area contributed by atoms with Crippen LogP contribution in [0.2, 0.25) is 0 Å². The number of nitrogens with one attached hydrogen (secondary N) is 1. The van der Waals surface area contributed by atoms with Crippen molar-refractivity contribution < 1.29 is 38.4 Å². The van der Waals surface area contributed by atoms with Crippen molar-refractivity contribution in [2.75, 3.05) is 40.1 Å². The Morgan fingerprint density at radius 2 is 1.66 bits per heavy atom. The van der Waals surface area contributed by atoms with Gasteiger partial charge in [0.15, 0.2) is 11.3 Å². The molecule has 0 fully saturated rings. The van der Waals surface area contributed by atoms with E-state index in [0.29, 0.717) is 40.9 Å². The van der Waals surface area contributed by atoms with E-state index in [1.165, 1.54) is 7.11 Å². The number of rotatable bonds is 15. The SMILES string of the molecule is COc1cc(CCC(=O)N[C@H](CO)Cc2ccccc2)cc2c(C(=O)OCCOCCO)c(-c3ccccc3)oc12. The molecule has 1 amide bonds. The summed E-state index contributed by atoms with van der Waals surface area (Å²) in [5.41, 5.74) is 3.14. The molecule has 0 spiro atoms. The summed E-state index contributed by atoms with van der Waals surface area (Å²) in [5.74, 6) is -0.00271. The van der Waals surface area contributed by atoms with Gasteiger partial charge in [-0.05, 0) is 36.1 Å². The van der Waals surface area contributed by atoms with Crippen LogP contribution in [0.25, 0.3) is 22.3 Å². The average Bonchev–Trinajstić information content (AvgIpc) is 3.39. The van der Waals surface area contributed by atoms with Crippen molar-refractivity contribution >= 4 is 22.8 Å². The molecule has 0 bridgehead atoms. The smallest absolute Gasteiger partial charge is 0.342 e. The van der Waals surface area contributed by atoms with Gasteiger partial charge in [-0.1, -0.05) is 60.7 Å². The Hall–Kier alpha value is -4.18. The standard InChI is InChI=1S/C32H35NO8/c1-38-27-20-23(12-13-28(36)33-25(21-35)18-22-8-4-2-5-9-22)19-26-29(32(37)40-17-16-39-15-14-34)30(41-31(26)27)24-10-6-3-7-11-24/h2-11,19-20,25,34-35H,12-18,21H2,1H3,(H,33,36)/t25-/m0/s1. The van der Waals surface area contributed by atoms with E-state index in [9.17, 15) is 14.7 Å². The molecule has 0 saturated heterocycles. The van der Waals surface area contributed by atoms with E-state index in [2.05, 4.69) is 5.32 Å². The number of aliphatic hydroxyl groups is 2. The molecular formula is C32H35NO8. The Morgan fingerprint density at radius 3 is 2.34 bits per heavy atom. The molecular weight excluding hydrogens is 526 g/mol. The van der Waals surface area contributed by atoms with Crippen molar-refractivity contribution in [2.45, 2.75) is 25.3 Å². The molecule has 0 unspecified atom stereocenters. The van der Waals surface area contributed by atoms with Crippen LogP contribution in [-0.2, 0) is 27.1 Å². The van der Waals surface area contributed by atoms with E-state index in [1.807, 2.05) is 66.7 Å². The molecule has 0 aliphatic rings. The van der Waals surface area contributed by atoms with E-state index >= 15 is 0 Å². The highest BCUT2D eigenvalue weighted by Gasteiger charge is 2.26. The number of benzene rings is 3. The Bertz CT molecular complexity index is 1420. The van der Waals surface area contributed by atoms with Gasteiger partial charge in [-0.3, -0.25) is 4.79 Å². The highest BCUT2D eigenvalue weighted by Crippen LogP contribution is 2.39. The minimum Gasteiger partial charge on any atom is -0.493 e. The molecule has 1 heterocycles. The molecule has 3 N–H and O–H groups in total. The first kappa shape index (κ1) is 29.8. The number of carbonyl (C=O) groups is 2. The van der Waals surface area contributed by atoms with Crippen LogP contribution in [0.1, 0.15) is 27.9 Å². The predicted octanol–water partition coefficient (Wildman–Crippen LogP) is 3.93. The first-order valence-corrected chi connectivity index (χ1v) is 13.5. The van der Waals surface area contributed by atoms with Gasteiger partial charge in [0, 0.05) is 17.4 Å². The third kappa shape index (κ3) is 7.94.